The van der Waals surface area contributed by atoms with Gasteiger partial charge in [0.15, 0.2) is 0 Å². The first-order valence-corrected chi connectivity index (χ1v) is 14.3. The minimum absolute atomic E-state index is 0.000215. The number of carbonyl (C=O) groups excluding carboxylic acids is 2. The quantitative estimate of drug-likeness (QED) is 0.151. The van der Waals surface area contributed by atoms with Crippen molar-refractivity contribution < 1.29 is 14.0 Å². The molecular formula is C30H43FN2O2S. The van der Waals surface area contributed by atoms with Crippen molar-refractivity contribution in [1.29, 1.82) is 0 Å². The van der Waals surface area contributed by atoms with E-state index < -0.39 is 0 Å². The molecule has 0 aliphatic heterocycles. The molecule has 198 valence electrons. The van der Waals surface area contributed by atoms with E-state index in [2.05, 4.69) is 13.5 Å². The summed E-state index contributed by atoms with van der Waals surface area (Å²) < 4.78 is 13.4. The van der Waals surface area contributed by atoms with E-state index in [0.29, 0.717) is 26.1 Å². The van der Waals surface area contributed by atoms with Crippen LogP contribution in [0.4, 0.5) is 4.39 Å². The Morgan fingerprint density at radius 2 is 1.53 bits per heavy atom. The second-order valence-corrected chi connectivity index (χ2v) is 10.5. The highest BCUT2D eigenvalue weighted by molar-refractivity contribution is 7.10. The van der Waals surface area contributed by atoms with E-state index in [-0.39, 0.29) is 24.2 Å². The van der Waals surface area contributed by atoms with Gasteiger partial charge in [0.25, 0.3) is 0 Å². The second kappa shape index (κ2) is 17.1. The molecule has 0 atom stereocenters. The SMILES string of the molecule is C=CCN(CC(=O)N(Cc1ccc(F)cc1)Cc1sccc1C)C(=O)CCCCCCCCCCC. The van der Waals surface area contributed by atoms with E-state index in [1.165, 1.54) is 50.7 Å². The average Bonchev–Trinajstić information content (AvgIpc) is 3.27. The number of carbonyl (C=O) groups is 2. The molecular weight excluding hydrogens is 471 g/mol. The highest BCUT2D eigenvalue weighted by Gasteiger charge is 2.22. The molecule has 0 N–H and O–H groups in total. The summed E-state index contributed by atoms with van der Waals surface area (Å²) >= 11 is 1.62. The molecule has 0 fully saturated rings. The number of halogens is 1. The number of nitrogens with zero attached hydrogens (tertiary/aromatic N) is 2. The molecule has 0 aliphatic rings. The fourth-order valence-corrected chi connectivity index (χ4v) is 5.12. The first-order valence-electron chi connectivity index (χ1n) is 13.4. The molecule has 36 heavy (non-hydrogen) atoms. The molecule has 0 bridgehead atoms. The topological polar surface area (TPSA) is 40.6 Å². The van der Waals surface area contributed by atoms with Gasteiger partial charge in [-0.3, -0.25) is 9.59 Å². The Morgan fingerprint density at radius 3 is 2.11 bits per heavy atom. The fourth-order valence-electron chi connectivity index (χ4n) is 4.20. The summed E-state index contributed by atoms with van der Waals surface area (Å²) in [5.41, 5.74) is 2.00. The van der Waals surface area contributed by atoms with Crippen LogP contribution in [0.3, 0.4) is 0 Å². The van der Waals surface area contributed by atoms with E-state index in [9.17, 15) is 14.0 Å². The van der Waals surface area contributed by atoms with Crippen LogP contribution in [0.5, 0.6) is 0 Å². The van der Waals surface area contributed by atoms with Crippen molar-refractivity contribution in [3.63, 3.8) is 0 Å². The highest BCUT2D eigenvalue weighted by atomic mass is 32.1. The number of hydrogen-bond acceptors (Lipinski definition) is 3. The van der Waals surface area contributed by atoms with Gasteiger partial charge in [-0.1, -0.05) is 76.5 Å². The van der Waals surface area contributed by atoms with Gasteiger partial charge in [0.1, 0.15) is 12.4 Å². The predicted molar refractivity (Wildman–Crippen MR) is 148 cm³/mol. The van der Waals surface area contributed by atoms with E-state index in [1.54, 1.807) is 39.3 Å². The fraction of sp³-hybridized carbons (Fsp3) is 0.533. The van der Waals surface area contributed by atoms with Crippen LogP contribution in [0.2, 0.25) is 0 Å². The largest absolute Gasteiger partial charge is 0.332 e. The van der Waals surface area contributed by atoms with Crippen molar-refractivity contribution in [2.75, 3.05) is 13.1 Å². The van der Waals surface area contributed by atoms with Crippen molar-refractivity contribution in [1.82, 2.24) is 9.80 Å². The normalized spacial score (nSPS) is 10.9. The lowest BCUT2D eigenvalue weighted by Crippen LogP contribution is -2.42. The van der Waals surface area contributed by atoms with E-state index in [0.717, 1.165) is 35.3 Å². The molecule has 0 radical (unpaired) electrons. The molecule has 2 rings (SSSR count). The Morgan fingerprint density at radius 1 is 0.889 bits per heavy atom. The van der Waals surface area contributed by atoms with Crippen LogP contribution < -0.4 is 0 Å². The maximum absolute atomic E-state index is 13.4. The maximum atomic E-state index is 13.4. The lowest BCUT2D eigenvalue weighted by Gasteiger charge is -2.27. The van der Waals surface area contributed by atoms with Crippen molar-refractivity contribution in [3.05, 3.63) is 70.2 Å². The Labute approximate surface area is 221 Å². The molecule has 1 heterocycles. The predicted octanol–water partition coefficient (Wildman–Crippen LogP) is 7.66. The first-order chi connectivity index (χ1) is 17.4. The summed E-state index contributed by atoms with van der Waals surface area (Å²) in [6.45, 7) is 9.25. The lowest BCUT2D eigenvalue weighted by atomic mass is 10.1. The van der Waals surface area contributed by atoms with Crippen LogP contribution in [0.15, 0.2) is 48.4 Å². The van der Waals surface area contributed by atoms with Crippen molar-refractivity contribution in [3.8, 4) is 0 Å². The van der Waals surface area contributed by atoms with Gasteiger partial charge in [-0.2, -0.15) is 0 Å². The number of thiophene rings is 1. The Balaban J connectivity index is 1.91. The third-order valence-corrected chi connectivity index (χ3v) is 7.47. The highest BCUT2D eigenvalue weighted by Crippen LogP contribution is 2.20. The summed E-state index contributed by atoms with van der Waals surface area (Å²) in [6, 6.07) is 8.26. The van der Waals surface area contributed by atoms with Crippen LogP contribution in [0.25, 0.3) is 0 Å². The van der Waals surface area contributed by atoms with Gasteiger partial charge in [-0.15, -0.1) is 17.9 Å². The standard InChI is InChI=1S/C30H43FN2O2S/c1-4-6-7-8-9-10-11-12-13-14-29(34)32(20-5-2)24-30(35)33(23-28-25(3)19-21-36-28)22-26-15-17-27(31)18-16-26/h5,15-19,21H,2,4,6-14,20,22-24H2,1,3H3. The van der Waals surface area contributed by atoms with E-state index >= 15 is 0 Å². The average molecular weight is 515 g/mol. The minimum Gasteiger partial charge on any atom is -0.332 e. The van der Waals surface area contributed by atoms with Gasteiger partial charge in [0.2, 0.25) is 11.8 Å². The molecule has 0 unspecified atom stereocenters. The van der Waals surface area contributed by atoms with Gasteiger partial charge in [0, 0.05) is 24.4 Å². The van der Waals surface area contributed by atoms with E-state index in [4.69, 9.17) is 0 Å². The number of unbranched alkanes of at least 4 members (excludes halogenated alkanes) is 8. The third-order valence-electron chi connectivity index (χ3n) is 6.46. The molecule has 2 amide bonds. The molecule has 4 nitrogen and oxygen atoms in total. The Hall–Kier alpha value is -2.47. The van der Waals surface area contributed by atoms with Crippen molar-refractivity contribution in [2.24, 2.45) is 0 Å². The zero-order valence-electron chi connectivity index (χ0n) is 22.1. The summed E-state index contributed by atoms with van der Waals surface area (Å²) in [7, 11) is 0. The van der Waals surface area contributed by atoms with Crippen molar-refractivity contribution >= 4 is 23.2 Å². The van der Waals surface area contributed by atoms with E-state index in [1.807, 2.05) is 18.4 Å². The van der Waals surface area contributed by atoms with Crippen LogP contribution in [0.1, 0.15) is 87.1 Å². The summed E-state index contributed by atoms with van der Waals surface area (Å²) in [5.74, 6) is -0.417. The number of amides is 2. The van der Waals surface area contributed by atoms with Gasteiger partial charge in [-0.25, -0.2) is 4.39 Å². The molecule has 2 aromatic rings. The molecule has 0 aliphatic carbocycles. The van der Waals surface area contributed by atoms with Gasteiger partial charge in [0.05, 0.1) is 6.54 Å². The molecule has 0 saturated carbocycles. The van der Waals surface area contributed by atoms with Crippen LogP contribution in [-0.4, -0.2) is 34.7 Å². The van der Waals surface area contributed by atoms with Crippen LogP contribution in [0, 0.1) is 12.7 Å². The van der Waals surface area contributed by atoms with Crippen molar-refractivity contribution in [2.45, 2.75) is 91.1 Å². The van der Waals surface area contributed by atoms with Crippen LogP contribution in [-0.2, 0) is 22.7 Å². The molecule has 0 saturated heterocycles. The lowest BCUT2D eigenvalue weighted by molar-refractivity contribution is -0.140. The number of hydrogen-bond donors (Lipinski definition) is 0. The van der Waals surface area contributed by atoms with Crippen LogP contribution >= 0.6 is 11.3 Å². The monoisotopic (exact) mass is 514 g/mol. The maximum Gasteiger partial charge on any atom is 0.242 e. The smallest absolute Gasteiger partial charge is 0.242 e. The van der Waals surface area contributed by atoms with Gasteiger partial charge >= 0.3 is 0 Å². The summed E-state index contributed by atoms with van der Waals surface area (Å²) in [4.78, 5) is 30.8. The third kappa shape index (κ3) is 11.1. The second-order valence-electron chi connectivity index (χ2n) is 9.54. The molecule has 1 aromatic carbocycles. The Kier molecular flexibility index (Phi) is 14.1. The summed E-state index contributed by atoms with van der Waals surface area (Å²) in [5, 5.41) is 2.02. The first kappa shape index (κ1) is 29.8. The summed E-state index contributed by atoms with van der Waals surface area (Å²) in [6.07, 6.45) is 12.9. The number of aryl methyl sites for hydroxylation is 1. The van der Waals surface area contributed by atoms with Gasteiger partial charge in [-0.05, 0) is 48.1 Å². The molecule has 1 aromatic heterocycles. The Bertz CT molecular complexity index is 925. The zero-order chi connectivity index (χ0) is 26.2. The molecule has 0 spiro atoms. The molecule has 6 heteroatoms. The number of benzene rings is 1. The van der Waals surface area contributed by atoms with Gasteiger partial charge < -0.3 is 9.80 Å². The number of rotatable bonds is 18. The zero-order valence-corrected chi connectivity index (χ0v) is 23.0. The minimum atomic E-state index is -0.301.